The minimum Gasteiger partial charge on any atom is -0.481 e. The predicted octanol–water partition coefficient (Wildman–Crippen LogP) is 0.415. The van der Waals surface area contributed by atoms with Crippen molar-refractivity contribution in [3.8, 4) is 0 Å². The van der Waals surface area contributed by atoms with Gasteiger partial charge in [-0.3, -0.25) is 9.59 Å². The van der Waals surface area contributed by atoms with Crippen LogP contribution >= 0.6 is 0 Å². The molecule has 5 amide bonds. The molecule has 7 N–H and O–H groups in total. The van der Waals surface area contributed by atoms with Crippen LogP contribution in [0.3, 0.4) is 0 Å². The number of amides is 5. The number of nitrogens with two attached hydrogens (primary N) is 1. The smallest absolute Gasteiger partial charge is 0.315 e. The average Bonchev–Trinajstić information content (AvgIpc) is 2.74. The molecule has 0 bridgehead atoms. The van der Waals surface area contributed by atoms with Crippen LogP contribution in [-0.4, -0.2) is 54.5 Å². The molecule has 1 unspecified atom stereocenters. The molecule has 0 aliphatic carbocycles. The fourth-order valence-corrected chi connectivity index (χ4v) is 2.72. The standard InChI is InChI=1S/C21H31N5O6/c22-18(28)12-15-4-6-16(7-5-15)13-25-20(31)23-10-2-1-3-11-24-21(32)26-17(14-27)8-9-19(29)30/h4-7,14,17H,1-3,8-13H2,(H2,22,28)(H,29,30)(H2,23,25,31)(H2,24,26,32). The van der Waals surface area contributed by atoms with E-state index in [1.54, 1.807) is 12.1 Å². The number of carbonyl (C=O) groups excluding carboxylic acids is 4. The Balaban J connectivity index is 2.07. The first-order chi connectivity index (χ1) is 15.3. The quantitative estimate of drug-likeness (QED) is 0.167. The Bertz CT molecular complexity index is 768. The van der Waals surface area contributed by atoms with Crippen LogP contribution in [0.1, 0.15) is 43.2 Å². The van der Waals surface area contributed by atoms with E-state index in [9.17, 15) is 24.0 Å². The van der Waals surface area contributed by atoms with E-state index in [2.05, 4.69) is 21.3 Å². The molecule has 0 aliphatic rings. The molecule has 11 heteroatoms. The summed E-state index contributed by atoms with van der Waals surface area (Å²) in [5, 5.41) is 19.1. The van der Waals surface area contributed by atoms with Gasteiger partial charge in [0.25, 0.3) is 0 Å². The number of rotatable bonds is 15. The van der Waals surface area contributed by atoms with Crippen molar-refractivity contribution in [2.24, 2.45) is 5.73 Å². The van der Waals surface area contributed by atoms with Gasteiger partial charge in [0.15, 0.2) is 0 Å². The number of primary amides is 1. The van der Waals surface area contributed by atoms with Gasteiger partial charge in [-0.2, -0.15) is 0 Å². The van der Waals surface area contributed by atoms with Crippen molar-refractivity contribution in [3.63, 3.8) is 0 Å². The first-order valence-electron chi connectivity index (χ1n) is 10.4. The van der Waals surface area contributed by atoms with E-state index in [0.717, 1.165) is 24.0 Å². The third kappa shape index (κ3) is 12.8. The molecule has 0 saturated carbocycles. The van der Waals surface area contributed by atoms with Gasteiger partial charge in [-0.05, 0) is 36.8 Å². The molecule has 0 aliphatic heterocycles. The normalized spacial score (nSPS) is 11.1. The fraction of sp³-hybridized carbons (Fsp3) is 0.476. The summed E-state index contributed by atoms with van der Waals surface area (Å²) in [5.41, 5.74) is 6.87. The van der Waals surface area contributed by atoms with E-state index in [4.69, 9.17) is 10.8 Å². The Kier molecular flexibility index (Phi) is 12.6. The highest BCUT2D eigenvalue weighted by molar-refractivity contribution is 5.78. The van der Waals surface area contributed by atoms with Crippen LogP contribution in [0.2, 0.25) is 0 Å². The molecule has 32 heavy (non-hydrogen) atoms. The second-order valence-corrected chi connectivity index (χ2v) is 7.20. The number of carboxylic acid groups (broad SMARTS) is 1. The molecule has 1 atom stereocenters. The summed E-state index contributed by atoms with van der Waals surface area (Å²) in [6, 6.07) is 5.60. The number of carboxylic acids is 1. The van der Waals surface area contributed by atoms with Gasteiger partial charge >= 0.3 is 18.0 Å². The van der Waals surface area contributed by atoms with Crippen molar-refractivity contribution in [1.82, 2.24) is 21.3 Å². The maximum absolute atomic E-state index is 11.8. The van der Waals surface area contributed by atoms with E-state index in [-0.39, 0.29) is 25.3 Å². The number of aliphatic carboxylic acids is 1. The summed E-state index contributed by atoms with van der Waals surface area (Å²) < 4.78 is 0. The van der Waals surface area contributed by atoms with Crippen molar-refractivity contribution in [2.75, 3.05) is 13.1 Å². The fourth-order valence-electron chi connectivity index (χ4n) is 2.72. The molecular weight excluding hydrogens is 418 g/mol. The maximum Gasteiger partial charge on any atom is 0.315 e. The summed E-state index contributed by atoms with van der Waals surface area (Å²) in [5.74, 6) is -1.43. The van der Waals surface area contributed by atoms with E-state index in [1.807, 2.05) is 12.1 Å². The lowest BCUT2D eigenvalue weighted by molar-refractivity contribution is -0.137. The summed E-state index contributed by atoms with van der Waals surface area (Å²) in [4.78, 5) is 55.7. The largest absolute Gasteiger partial charge is 0.481 e. The number of aldehydes is 1. The highest BCUT2D eigenvalue weighted by Gasteiger charge is 2.12. The van der Waals surface area contributed by atoms with Crippen molar-refractivity contribution >= 4 is 30.2 Å². The SMILES string of the molecule is NC(=O)Cc1ccc(CNC(=O)NCCCCCNC(=O)NC(C=O)CCC(=O)O)cc1. The first-order valence-corrected chi connectivity index (χ1v) is 10.4. The summed E-state index contributed by atoms with van der Waals surface area (Å²) in [6.07, 6.45) is 2.73. The van der Waals surface area contributed by atoms with Crippen LogP contribution in [-0.2, 0) is 27.3 Å². The highest BCUT2D eigenvalue weighted by atomic mass is 16.4. The minimum absolute atomic E-state index is 0.0423. The van der Waals surface area contributed by atoms with Crippen molar-refractivity contribution < 1.29 is 29.1 Å². The van der Waals surface area contributed by atoms with E-state index >= 15 is 0 Å². The monoisotopic (exact) mass is 449 g/mol. The van der Waals surface area contributed by atoms with E-state index < -0.39 is 23.9 Å². The van der Waals surface area contributed by atoms with Gasteiger partial charge in [-0.15, -0.1) is 0 Å². The average molecular weight is 450 g/mol. The zero-order valence-electron chi connectivity index (χ0n) is 17.9. The van der Waals surface area contributed by atoms with Gasteiger partial charge in [0.1, 0.15) is 6.29 Å². The minimum atomic E-state index is -1.03. The van der Waals surface area contributed by atoms with Crippen LogP contribution < -0.4 is 27.0 Å². The van der Waals surface area contributed by atoms with Crippen LogP contribution in [0.4, 0.5) is 9.59 Å². The molecule has 0 fully saturated rings. The molecule has 0 radical (unpaired) electrons. The van der Waals surface area contributed by atoms with Gasteiger partial charge in [-0.1, -0.05) is 24.3 Å². The molecule has 176 valence electrons. The molecule has 1 rings (SSSR count). The number of benzene rings is 1. The predicted molar refractivity (Wildman–Crippen MR) is 117 cm³/mol. The van der Waals surface area contributed by atoms with Gasteiger partial charge < -0.3 is 36.9 Å². The number of unbranched alkanes of at least 4 members (excludes halogenated alkanes) is 2. The summed E-state index contributed by atoms with van der Waals surface area (Å²) in [7, 11) is 0. The van der Waals surface area contributed by atoms with Crippen LogP contribution in [0.15, 0.2) is 24.3 Å². The number of carbonyl (C=O) groups is 5. The lowest BCUT2D eigenvalue weighted by Crippen LogP contribution is -2.43. The molecule has 0 aromatic heterocycles. The highest BCUT2D eigenvalue weighted by Crippen LogP contribution is 2.05. The van der Waals surface area contributed by atoms with E-state index in [1.165, 1.54) is 0 Å². The van der Waals surface area contributed by atoms with Crippen LogP contribution in [0.5, 0.6) is 0 Å². The number of urea groups is 2. The van der Waals surface area contributed by atoms with Gasteiger partial charge in [0, 0.05) is 26.1 Å². The molecule has 1 aromatic carbocycles. The number of nitrogens with one attached hydrogen (secondary N) is 4. The molecule has 0 saturated heterocycles. The Morgan fingerprint density at radius 2 is 1.50 bits per heavy atom. The lowest BCUT2D eigenvalue weighted by atomic mass is 10.1. The van der Waals surface area contributed by atoms with Gasteiger partial charge in [-0.25, -0.2) is 9.59 Å². The lowest BCUT2D eigenvalue weighted by Gasteiger charge is -2.12. The summed E-state index contributed by atoms with van der Waals surface area (Å²) in [6.45, 7) is 1.24. The molecule has 0 heterocycles. The van der Waals surface area contributed by atoms with Gasteiger partial charge in [0.05, 0.1) is 12.5 Å². The maximum atomic E-state index is 11.8. The second-order valence-electron chi connectivity index (χ2n) is 7.20. The van der Waals surface area contributed by atoms with Gasteiger partial charge in [0.2, 0.25) is 5.91 Å². The van der Waals surface area contributed by atoms with Crippen LogP contribution in [0.25, 0.3) is 0 Å². The number of hydrogen-bond donors (Lipinski definition) is 6. The number of hydrogen-bond acceptors (Lipinski definition) is 5. The van der Waals surface area contributed by atoms with E-state index in [0.29, 0.717) is 32.3 Å². The molecule has 11 nitrogen and oxygen atoms in total. The summed E-state index contributed by atoms with van der Waals surface area (Å²) >= 11 is 0. The zero-order chi connectivity index (χ0) is 23.8. The Labute approximate surface area is 186 Å². The Morgan fingerprint density at radius 3 is 2.06 bits per heavy atom. The second kappa shape index (κ2) is 15.2. The zero-order valence-corrected chi connectivity index (χ0v) is 17.9. The van der Waals surface area contributed by atoms with Crippen molar-refractivity contribution in [2.45, 2.75) is 51.1 Å². The molecular formula is C21H31N5O6. The Hall–Kier alpha value is -3.63. The molecule has 1 aromatic rings. The third-order valence-electron chi connectivity index (χ3n) is 4.43. The Morgan fingerprint density at radius 1 is 0.906 bits per heavy atom. The third-order valence-corrected chi connectivity index (χ3v) is 4.43. The van der Waals surface area contributed by atoms with Crippen LogP contribution in [0, 0.1) is 0 Å². The van der Waals surface area contributed by atoms with Crippen molar-refractivity contribution in [3.05, 3.63) is 35.4 Å². The topological polar surface area (TPSA) is 180 Å². The molecule has 0 spiro atoms. The first kappa shape index (κ1) is 26.4. The van der Waals surface area contributed by atoms with Crippen molar-refractivity contribution in [1.29, 1.82) is 0 Å².